The quantitative estimate of drug-likeness (QED) is 0.672. The summed E-state index contributed by atoms with van der Waals surface area (Å²) < 4.78 is 63.3. The van der Waals surface area contributed by atoms with Gasteiger partial charge in [0.1, 0.15) is 11.6 Å². The molecular formula is C12H9ClF5NO. The molecule has 2 nitrogen and oxygen atoms in total. The van der Waals surface area contributed by atoms with E-state index >= 15 is 0 Å². The number of hydrogen-bond acceptors (Lipinski definition) is 1. The summed E-state index contributed by atoms with van der Waals surface area (Å²) in [5, 5.41) is 1.76. The highest BCUT2D eigenvalue weighted by Gasteiger charge is 2.58. The van der Waals surface area contributed by atoms with E-state index in [1.165, 1.54) is 0 Å². The molecule has 2 atom stereocenters. The van der Waals surface area contributed by atoms with E-state index in [0.29, 0.717) is 0 Å². The third kappa shape index (κ3) is 3.20. The average Bonchev–Trinajstić information content (AvgIpc) is 3.11. The van der Waals surface area contributed by atoms with E-state index in [1.807, 2.05) is 0 Å². The van der Waals surface area contributed by atoms with Gasteiger partial charge in [0.05, 0.1) is 16.9 Å². The Hall–Kier alpha value is -1.37. The molecular weight excluding hydrogens is 305 g/mol. The Labute approximate surface area is 115 Å². The zero-order valence-electron chi connectivity index (χ0n) is 9.90. The number of amides is 1. The number of halogens is 6. The van der Waals surface area contributed by atoms with Crippen molar-refractivity contribution in [1.29, 1.82) is 0 Å². The molecule has 1 aliphatic rings. The van der Waals surface area contributed by atoms with E-state index in [2.05, 4.69) is 5.32 Å². The summed E-state index contributed by atoms with van der Waals surface area (Å²) in [5.41, 5.74) is -0.176. The van der Waals surface area contributed by atoms with Gasteiger partial charge in [-0.15, -0.1) is 0 Å². The molecule has 1 aromatic carbocycles. The minimum Gasteiger partial charge on any atom is -0.352 e. The van der Waals surface area contributed by atoms with Crippen molar-refractivity contribution >= 4 is 17.5 Å². The van der Waals surface area contributed by atoms with Crippen molar-refractivity contribution in [3.05, 3.63) is 34.4 Å². The number of benzene rings is 1. The van der Waals surface area contributed by atoms with Crippen LogP contribution in [0.5, 0.6) is 0 Å². The zero-order chi connectivity index (χ0) is 15.1. The molecule has 1 amide bonds. The van der Waals surface area contributed by atoms with Gasteiger partial charge in [-0.3, -0.25) is 4.79 Å². The van der Waals surface area contributed by atoms with Crippen molar-refractivity contribution in [2.24, 2.45) is 11.8 Å². The third-order valence-corrected chi connectivity index (χ3v) is 3.38. The molecule has 0 aliphatic heterocycles. The summed E-state index contributed by atoms with van der Waals surface area (Å²) in [6.45, 7) is -0.389. The van der Waals surface area contributed by atoms with Gasteiger partial charge < -0.3 is 5.32 Å². The van der Waals surface area contributed by atoms with Crippen molar-refractivity contribution in [2.75, 3.05) is 0 Å². The molecule has 20 heavy (non-hydrogen) atoms. The van der Waals surface area contributed by atoms with E-state index in [9.17, 15) is 26.7 Å². The van der Waals surface area contributed by atoms with Crippen LogP contribution in [-0.2, 0) is 11.3 Å². The molecule has 0 heterocycles. The summed E-state index contributed by atoms with van der Waals surface area (Å²) in [4.78, 5) is 11.4. The maximum atomic E-state index is 13.4. The Morgan fingerprint density at radius 3 is 2.50 bits per heavy atom. The highest BCUT2D eigenvalue weighted by molar-refractivity contribution is 6.30. The van der Waals surface area contributed by atoms with Crippen LogP contribution in [0.4, 0.5) is 22.0 Å². The van der Waals surface area contributed by atoms with Crippen LogP contribution in [-0.4, -0.2) is 12.1 Å². The molecule has 2 rings (SSSR count). The van der Waals surface area contributed by atoms with Crippen LogP contribution < -0.4 is 5.32 Å². The normalized spacial score (nSPS) is 21.7. The van der Waals surface area contributed by atoms with Crippen LogP contribution in [0, 0.1) is 23.5 Å². The number of carbonyl (C=O) groups excluding carboxylic acids is 1. The Morgan fingerprint density at radius 1 is 1.30 bits per heavy atom. The lowest BCUT2D eigenvalue weighted by molar-refractivity contribution is -0.154. The summed E-state index contributed by atoms with van der Waals surface area (Å²) in [5.74, 6) is -5.30. The van der Waals surface area contributed by atoms with E-state index in [0.717, 1.165) is 12.1 Å². The van der Waals surface area contributed by atoms with E-state index in [-0.39, 0.29) is 18.5 Å². The highest BCUT2D eigenvalue weighted by atomic mass is 35.5. The third-order valence-electron chi connectivity index (χ3n) is 3.09. The van der Waals surface area contributed by atoms with Crippen molar-refractivity contribution in [2.45, 2.75) is 19.1 Å². The first-order valence-electron chi connectivity index (χ1n) is 5.68. The highest BCUT2D eigenvalue weighted by Crippen LogP contribution is 2.50. The van der Waals surface area contributed by atoms with Crippen LogP contribution in [0.2, 0.25) is 5.02 Å². The first-order valence-corrected chi connectivity index (χ1v) is 6.05. The van der Waals surface area contributed by atoms with Crippen LogP contribution in [0.3, 0.4) is 0 Å². The number of carbonyl (C=O) groups is 1. The van der Waals surface area contributed by atoms with E-state index in [1.54, 1.807) is 0 Å². The molecule has 0 unspecified atom stereocenters. The first-order chi connectivity index (χ1) is 9.20. The number of hydrogen-bond donors (Lipinski definition) is 1. The van der Waals surface area contributed by atoms with Gasteiger partial charge >= 0.3 is 6.18 Å². The van der Waals surface area contributed by atoms with Gasteiger partial charge in [-0.1, -0.05) is 11.6 Å². The van der Waals surface area contributed by atoms with Gasteiger partial charge in [0.2, 0.25) is 5.91 Å². The first kappa shape index (κ1) is 15.0. The van der Waals surface area contributed by atoms with Crippen LogP contribution >= 0.6 is 11.6 Å². The van der Waals surface area contributed by atoms with Gasteiger partial charge in [-0.2, -0.15) is 13.2 Å². The maximum absolute atomic E-state index is 13.4. The molecule has 0 bridgehead atoms. The van der Waals surface area contributed by atoms with Crippen molar-refractivity contribution in [3.8, 4) is 0 Å². The monoisotopic (exact) mass is 313 g/mol. The second-order valence-electron chi connectivity index (χ2n) is 4.57. The SMILES string of the molecule is O=C(NCc1cc(F)c(Cl)cc1F)[C@@H]1C[C@H]1C(F)(F)F. The smallest absolute Gasteiger partial charge is 0.352 e. The number of rotatable bonds is 3. The fraction of sp³-hybridized carbons (Fsp3) is 0.417. The fourth-order valence-electron chi connectivity index (χ4n) is 1.86. The second-order valence-corrected chi connectivity index (χ2v) is 4.97. The Bertz CT molecular complexity index is 545. The Morgan fingerprint density at radius 2 is 1.95 bits per heavy atom. The van der Waals surface area contributed by atoms with Gasteiger partial charge in [0.25, 0.3) is 0 Å². The Balaban J connectivity index is 1.94. The molecule has 110 valence electrons. The predicted molar refractivity (Wildman–Crippen MR) is 60.9 cm³/mol. The predicted octanol–water partition coefficient (Wildman–Crippen LogP) is 3.43. The molecule has 1 aromatic rings. The number of alkyl halides is 3. The maximum Gasteiger partial charge on any atom is 0.392 e. The zero-order valence-corrected chi connectivity index (χ0v) is 10.7. The van der Waals surface area contributed by atoms with Crippen LogP contribution in [0.25, 0.3) is 0 Å². The van der Waals surface area contributed by atoms with Crippen molar-refractivity contribution < 1.29 is 26.7 Å². The summed E-state index contributed by atoms with van der Waals surface area (Å²) >= 11 is 5.35. The van der Waals surface area contributed by atoms with Gasteiger partial charge in [0, 0.05) is 12.1 Å². The second kappa shape index (κ2) is 5.20. The van der Waals surface area contributed by atoms with Gasteiger partial charge in [-0.25, -0.2) is 8.78 Å². The lowest BCUT2D eigenvalue weighted by Gasteiger charge is -2.08. The van der Waals surface area contributed by atoms with Crippen molar-refractivity contribution in [3.63, 3.8) is 0 Å². The minimum atomic E-state index is -4.40. The molecule has 1 fully saturated rings. The molecule has 1 N–H and O–H groups in total. The standard InChI is InChI=1S/C12H9ClF5NO/c13-8-3-9(14)5(1-10(8)15)4-19-11(20)6-2-7(6)12(16,17)18/h1,3,6-7H,2,4H2,(H,19,20)/t6-,7-/m1/s1. The summed E-state index contributed by atoms with van der Waals surface area (Å²) in [7, 11) is 0. The van der Waals surface area contributed by atoms with Gasteiger partial charge in [0.15, 0.2) is 0 Å². The van der Waals surface area contributed by atoms with E-state index in [4.69, 9.17) is 11.6 Å². The van der Waals surface area contributed by atoms with E-state index < -0.39 is 40.6 Å². The minimum absolute atomic E-state index is 0.176. The Kier molecular flexibility index (Phi) is 3.90. The van der Waals surface area contributed by atoms with Crippen LogP contribution in [0.1, 0.15) is 12.0 Å². The van der Waals surface area contributed by atoms with Gasteiger partial charge in [-0.05, 0) is 18.6 Å². The molecule has 1 aliphatic carbocycles. The average molecular weight is 314 g/mol. The summed E-state index contributed by atoms with van der Waals surface area (Å²) in [6, 6.07) is 1.54. The largest absolute Gasteiger partial charge is 0.392 e. The number of nitrogens with one attached hydrogen (secondary N) is 1. The molecule has 0 saturated heterocycles. The van der Waals surface area contributed by atoms with Crippen LogP contribution in [0.15, 0.2) is 12.1 Å². The molecule has 1 saturated carbocycles. The summed E-state index contributed by atoms with van der Waals surface area (Å²) in [6.07, 6.45) is -4.67. The molecule has 0 aromatic heterocycles. The fourth-order valence-corrected chi connectivity index (χ4v) is 2.01. The molecule has 8 heteroatoms. The molecule has 0 spiro atoms. The topological polar surface area (TPSA) is 29.1 Å². The lowest BCUT2D eigenvalue weighted by atomic mass is 10.2. The lowest BCUT2D eigenvalue weighted by Crippen LogP contribution is -2.27. The molecule has 0 radical (unpaired) electrons. The van der Waals surface area contributed by atoms with Crippen molar-refractivity contribution in [1.82, 2.24) is 5.32 Å².